The molecule has 2 saturated carbocycles. The molecule has 2 bridgehead atoms. The summed E-state index contributed by atoms with van der Waals surface area (Å²) in [5, 5.41) is 0. The lowest BCUT2D eigenvalue weighted by Crippen LogP contribution is -2.23. The van der Waals surface area contributed by atoms with E-state index in [1.807, 2.05) is 12.3 Å². The van der Waals surface area contributed by atoms with Crippen LogP contribution in [-0.4, -0.2) is 14.5 Å². The van der Waals surface area contributed by atoms with Gasteiger partial charge in [-0.25, -0.2) is 4.98 Å². The lowest BCUT2D eigenvalue weighted by molar-refractivity contribution is 0.248. The minimum Gasteiger partial charge on any atom is -0.369 e. The second-order valence-electron chi connectivity index (χ2n) is 6.28. The van der Waals surface area contributed by atoms with Gasteiger partial charge in [-0.3, -0.25) is 4.98 Å². The molecular weight excluding hydrogens is 236 g/mol. The summed E-state index contributed by atoms with van der Waals surface area (Å²) in [6, 6.07) is 2.48. The maximum atomic E-state index is 6.14. The third-order valence-corrected chi connectivity index (χ3v) is 5.34. The van der Waals surface area contributed by atoms with Gasteiger partial charge in [0, 0.05) is 12.2 Å². The van der Waals surface area contributed by atoms with E-state index in [4.69, 9.17) is 5.73 Å². The van der Waals surface area contributed by atoms with Crippen LogP contribution < -0.4 is 5.73 Å². The van der Waals surface area contributed by atoms with Gasteiger partial charge in [-0.1, -0.05) is 6.42 Å². The van der Waals surface area contributed by atoms with Crippen LogP contribution >= 0.6 is 0 Å². The molecule has 0 saturated heterocycles. The van der Waals surface area contributed by atoms with Crippen LogP contribution in [0.4, 0.5) is 5.95 Å². The third kappa shape index (κ3) is 1.58. The number of nitrogen functional groups attached to an aromatic ring is 1. The molecule has 2 aliphatic rings. The first-order valence-corrected chi connectivity index (χ1v) is 7.31. The minimum atomic E-state index is 0.447. The molecule has 2 N–H and O–H groups in total. The number of nitrogens with zero attached hydrogens (tertiary/aromatic N) is 3. The molecule has 4 unspecified atom stereocenters. The second kappa shape index (κ2) is 3.95. The Kier molecular flexibility index (Phi) is 2.34. The first-order valence-electron chi connectivity index (χ1n) is 7.31. The van der Waals surface area contributed by atoms with Gasteiger partial charge in [0.05, 0.1) is 11.7 Å². The van der Waals surface area contributed by atoms with Gasteiger partial charge in [-0.05, 0) is 50.0 Å². The predicted octanol–water partition coefficient (Wildman–Crippen LogP) is 3.01. The van der Waals surface area contributed by atoms with Crippen LogP contribution in [0.25, 0.3) is 11.0 Å². The number of nitrogens with two attached hydrogens (primary N) is 1. The van der Waals surface area contributed by atoms with Crippen molar-refractivity contribution in [3.8, 4) is 0 Å². The maximum Gasteiger partial charge on any atom is 0.201 e. The fourth-order valence-corrected chi connectivity index (χ4v) is 4.47. The molecule has 4 rings (SSSR count). The quantitative estimate of drug-likeness (QED) is 0.898. The molecule has 4 heteroatoms. The van der Waals surface area contributed by atoms with Crippen molar-refractivity contribution in [2.24, 2.45) is 17.8 Å². The molecule has 4 nitrogen and oxygen atoms in total. The maximum absolute atomic E-state index is 6.14. The van der Waals surface area contributed by atoms with Crippen molar-refractivity contribution in [3.63, 3.8) is 0 Å². The Hall–Kier alpha value is -1.58. The monoisotopic (exact) mass is 256 g/mol. The number of pyridine rings is 1. The van der Waals surface area contributed by atoms with Gasteiger partial charge < -0.3 is 10.3 Å². The average Bonchev–Trinajstić information content (AvgIpc) is 3.10. The van der Waals surface area contributed by atoms with Gasteiger partial charge >= 0.3 is 0 Å². The molecule has 2 aromatic heterocycles. The number of fused-ring (bicyclic) bond motifs is 3. The number of rotatable bonds is 2. The highest BCUT2D eigenvalue weighted by Crippen LogP contribution is 2.52. The molecule has 4 atom stereocenters. The Morgan fingerprint density at radius 1 is 1.37 bits per heavy atom. The number of hydrogen-bond donors (Lipinski definition) is 1. The van der Waals surface area contributed by atoms with Gasteiger partial charge in [0.15, 0.2) is 0 Å². The van der Waals surface area contributed by atoms with E-state index in [-0.39, 0.29) is 0 Å². The Labute approximate surface area is 113 Å². The fourth-order valence-electron chi connectivity index (χ4n) is 4.47. The zero-order valence-electron chi connectivity index (χ0n) is 11.3. The van der Waals surface area contributed by atoms with E-state index in [1.165, 1.54) is 25.7 Å². The van der Waals surface area contributed by atoms with Gasteiger partial charge in [-0.15, -0.1) is 0 Å². The first kappa shape index (κ1) is 11.3. The smallest absolute Gasteiger partial charge is 0.201 e. The highest BCUT2D eigenvalue weighted by atomic mass is 15.2. The molecule has 0 amide bonds. The van der Waals surface area contributed by atoms with Crippen molar-refractivity contribution in [1.29, 1.82) is 0 Å². The summed E-state index contributed by atoms with van der Waals surface area (Å²) in [4.78, 5) is 8.58. The highest BCUT2D eigenvalue weighted by Gasteiger charge is 2.42. The van der Waals surface area contributed by atoms with Crippen LogP contribution in [0, 0.1) is 17.8 Å². The zero-order chi connectivity index (χ0) is 13.0. The summed E-state index contributed by atoms with van der Waals surface area (Å²) in [5.41, 5.74) is 8.18. The predicted molar refractivity (Wildman–Crippen MR) is 75.6 cm³/mol. The van der Waals surface area contributed by atoms with Crippen molar-refractivity contribution in [3.05, 3.63) is 18.5 Å². The fraction of sp³-hybridized carbons (Fsp3) is 0.600. The SMILES string of the molecule is CC(C1CC2CCC1C2)n1c(N)nc2cnccc21. The number of imidazole rings is 1. The number of anilines is 1. The van der Waals surface area contributed by atoms with E-state index >= 15 is 0 Å². The lowest BCUT2D eigenvalue weighted by atomic mass is 9.84. The minimum absolute atomic E-state index is 0.447. The van der Waals surface area contributed by atoms with Crippen LogP contribution in [0.5, 0.6) is 0 Å². The van der Waals surface area contributed by atoms with Crippen molar-refractivity contribution < 1.29 is 0 Å². The normalized spacial score (nSPS) is 31.1. The summed E-state index contributed by atoms with van der Waals surface area (Å²) in [7, 11) is 0. The Morgan fingerprint density at radius 3 is 3.00 bits per heavy atom. The molecule has 100 valence electrons. The molecule has 0 spiro atoms. The topological polar surface area (TPSA) is 56.7 Å². The zero-order valence-corrected chi connectivity index (χ0v) is 11.3. The summed E-state index contributed by atoms with van der Waals surface area (Å²) in [6.07, 6.45) is 9.29. The Balaban J connectivity index is 1.75. The van der Waals surface area contributed by atoms with Crippen molar-refractivity contribution in [2.75, 3.05) is 5.73 Å². The van der Waals surface area contributed by atoms with Crippen molar-refractivity contribution in [2.45, 2.75) is 38.6 Å². The molecule has 0 aromatic carbocycles. The van der Waals surface area contributed by atoms with E-state index < -0.39 is 0 Å². The van der Waals surface area contributed by atoms with Crippen LogP contribution in [0.2, 0.25) is 0 Å². The van der Waals surface area contributed by atoms with E-state index in [1.54, 1.807) is 6.20 Å². The van der Waals surface area contributed by atoms with Gasteiger partial charge in [-0.2, -0.15) is 0 Å². The highest BCUT2D eigenvalue weighted by molar-refractivity contribution is 5.77. The van der Waals surface area contributed by atoms with Crippen LogP contribution in [0.1, 0.15) is 38.6 Å². The van der Waals surface area contributed by atoms with Crippen LogP contribution in [0.15, 0.2) is 18.5 Å². The van der Waals surface area contributed by atoms with Crippen LogP contribution in [-0.2, 0) is 0 Å². The molecule has 0 aliphatic heterocycles. The summed E-state index contributed by atoms with van der Waals surface area (Å²) < 4.78 is 2.22. The number of aromatic nitrogens is 3. The van der Waals surface area contributed by atoms with E-state index in [0.717, 1.165) is 28.8 Å². The first-order chi connectivity index (χ1) is 9.24. The third-order valence-electron chi connectivity index (χ3n) is 5.34. The largest absolute Gasteiger partial charge is 0.369 e. The molecule has 19 heavy (non-hydrogen) atoms. The van der Waals surface area contributed by atoms with Gasteiger partial charge in [0.1, 0.15) is 5.52 Å². The lowest BCUT2D eigenvalue weighted by Gasteiger charge is -2.29. The Bertz CT molecular complexity index is 618. The van der Waals surface area contributed by atoms with E-state index in [2.05, 4.69) is 21.5 Å². The molecule has 2 aromatic rings. The molecule has 2 heterocycles. The molecule has 2 fully saturated rings. The summed E-state index contributed by atoms with van der Waals surface area (Å²) in [6.45, 7) is 2.31. The van der Waals surface area contributed by atoms with E-state index in [9.17, 15) is 0 Å². The van der Waals surface area contributed by atoms with Crippen molar-refractivity contribution >= 4 is 17.0 Å². The van der Waals surface area contributed by atoms with Crippen molar-refractivity contribution in [1.82, 2.24) is 14.5 Å². The molecular formula is C15H20N4. The average molecular weight is 256 g/mol. The van der Waals surface area contributed by atoms with Crippen LogP contribution in [0.3, 0.4) is 0 Å². The van der Waals surface area contributed by atoms with Gasteiger partial charge in [0.25, 0.3) is 0 Å². The molecule has 2 aliphatic carbocycles. The Morgan fingerprint density at radius 2 is 2.26 bits per heavy atom. The number of hydrogen-bond acceptors (Lipinski definition) is 3. The second-order valence-corrected chi connectivity index (χ2v) is 6.28. The van der Waals surface area contributed by atoms with Gasteiger partial charge in [0.2, 0.25) is 5.95 Å². The van der Waals surface area contributed by atoms with E-state index in [0.29, 0.717) is 12.0 Å². The molecule has 0 radical (unpaired) electrons. The summed E-state index contributed by atoms with van der Waals surface area (Å²) in [5.74, 6) is 3.28. The summed E-state index contributed by atoms with van der Waals surface area (Å²) >= 11 is 0. The standard InChI is InChI=1S/C15H20N4/c1-9(12-7-10-2-3-11(12)6-10)19-14-4-5-17-8-13(14)18-15(19)16/h4-5,8-12H,2-3,6-7H2,1H3,(H2,16,18).